The first-order valence-electron chi connectivity index (χ1n) is 6.00. The molecule has 0 saturated carbocycles. The fourth-order valence-corrected chi connectivity index (χ4v) is 3.12. The number of thioether (sulfide) groups is 1. The predicted octanol–water partition coefficient (Wildman–Crippen LogP) is 3.56. The molecular formula is C13H16ClN3OS. The SMILES string of the molecule is CCn1c(C)nnc1SCc1ccc(OC)cc1Cl. The normalized spacial score (nSPS) is 10.7. The van der Waals surface area contributed by atoms with E-state index < -0.39 is 0 Å². The molecule has 6 heteroatoms. The predicted molar refractivity (Wildman–Crippen MR) is 78.0 cm³/mol. The zero-order valence-electron chi connectivity index (χ0n) is 11.2. The third-order valence-electron chi connectivity index (χ3n) is 2.84. The molecule has 1 aromatic heterocycles. The quantitative estimate of drug-likeness (QED) is 0.791. The van der Waals surface area contributed by atoms with Crippen molar-refractivity contribution in [2.75, 3.05) is 7.11 Å². The molecule has 0 radical (unpaired) electrons. The van der Waals surface area contributed by atoms with Gasteiger partial charge in [-0.15, -0.1) is 10.2 Å². The summed E-state index contributed by atoms with van der Waals surface area (Å²) in [6, 6.07) is 5.72. The molecule has 0 fully saturated rings. The highest BCUT2D eigenvalue weighted by Crippen LogP contribution is 2.28. The summed E-state index contributed by atoms with van der Waals surface area (Å²) in [4.78, 5) is 0. The topological polar surface area (TPSA) is 39.9 Å². The Kier molecular flexibility index (Phi) is 4.71. The van der Waals surface area contributed by atoms with E-state index >= 15 is 0 Å². The second-order valence-corrected chi connectivity index (χ2v) is 5.37. The van der Waals surface area contributed by atoms with Gasteiger partial charge in [0.25, 0.3) is 0 Å². The molecule has 102 valence electrons. The summed E-state index contributed by atoms with van der Waals surface area (Å²) < 4.78 is 7.22. The van der Waals surface area contributed by atoms with Crippen molar-refractivity contribution in [3.8, 4) is 5.75 Å². The van der Waals surface area contributed by atoms with Crippen LogP contribution in [0.4, 0.5) is 0 Å². The molecule has 1 heterocycles. The fraction of sp³-hybridized carbons (Fsp3) is 0.385. The molecular weight excluding hydrogens is 282 g/mol. The number of methoxy groups -OCH3 is 1. The molecule has 0 bridgehead atoms. The lowest BCUT2D eigenvalue weighted by Crippen LogP contribution is -1.99. The van der Waals surface area contributed by atoms with Crippen LogP contribution in [0.3, 0.4) is 0 Å². The lowest BCUT2D eigenvalue weighted by Gasteiger charge is -2.07. The summed E-state index contributed by atoms with van der Waals surface area (Å²) in [5.41, 5.74) is 1.07. The lowest BCUT2D eigenvalue weighted by molar-refractivity contribution is 0.414. The van der Waals surface area contributed by atoms with Crippen molar-refractivity contribution in [2.45, 2.75) is 31.3 Å². The van der Waals surface area contributed by atoms with E-state index in [0.717, 1.165) is 34.6 Å². The number of benzene rings is 1. The van der Waals surface area contributed by atoms with Crippen LogP contribution in [0, 0.1) is 6.92 Å². The van der Waals surface area contributed by atoms with Crippen LogP contribution in [-0.4, -0.2) is 21.9 Å². The van der Waals surface area contributed by atoms with Crippen LogP contribution in [0.1, 0.15) is 18.3 Å². The van der Waals surface area contributed by atoms with Crippen LogP contribution < -0.4 is 4.74 Å². The molecule has 0 aliphatic carbocycles. The molecule has 19 heavy (non-hydrogen) atoms. The van der Waals surface area contributed by atoms with Crippen LogP contribution in [-0.2, 0) is 12.3 Å². The summed E-state index contributed by atoms with van der Waals surface area (Å²) >= 11 is 7.85. The van der Waals surface area contributed by atoms with Gasteiger partial charge in [0, 0.05) is 17.3 Å². The van der Waals surface area contributed by atoms with Gasteiger partial charge < -0.3 is 9.30 Å². The zero-order chi connectivity index (χ0) is 13.8. The van der Waals surface area contributed by atoms with Crippen molar-refractivity contribution in [3.05, 3.63) is 34.6 Å². The Morgan fingerprint density at radius 1 is 1.37 bits per heavy atom. The molecule has 0 aliphatic rings. The van der Waals surface area contributed by atoms with Crippen molar-refractivity contribution in [1.29, 1.82) is 0 Å². The van der Waals surface area contributed by atoms with Gasteiger partial charge >= 0.3 is 0 Å². The molecule has 0 amide bonds. The molecule has 0 aliphatic heterocycles. The minimum atomic E-state index is 0.714. The van der Waals surface area contributed by atoms with E-state index in [1.54, 1.807) is 18.9 Å². The molecule has 4 nitrogen and oxygen atoms in total. The number of halogens is 1. The highest BCUT2D eigenvalue weighted by molar-refractivity contribution is 7.98. The number of rotatable bonds is 5. The van der Waals surface area contributed by atoms with Crippen molar-refractivity contribution in [1.82, 2.24) is 14.8 Å². The van der Waals surface area contributed by atoms with E-state index in [4.69, 9.17) is 16.3 Å². The van der Waals surface area contributed by atoms with Gasteiger partial charge in [-0.1, -0.05) is 29.4 Å². The Hall–Kier alpha value is -1.20. The van der Waals surface area contributed by atoms with E-state index in [2.05, 4.69) is 21.7 Å². The van der Waals surface area contributed by atoms with Crippen LogP contribution >= 0.6 is 23.4 Å². The number of aromatic nitrogens is 3. The average Bonchev–Trinajstić information content (AvgIpc) is 2.77. The third kappa shape index (κ3) is 3.22. The molecule has 2 aromatic rings. The van der Waals surface area contributed by atoms with Gasteiger partial charge in [-0.2, -0.15) is 0 Å². The Morgan fingerprint density at radius 3 is 2.79 bits per heavy atom. The number of hydrogen-bond acceptors (Lipinski definition) is 4. The highest BCUT2D eigenvalue weighted by Gasteiger charge is 2.09. The average molecular weight is 298 g/mol. The standard InChI is InChI=1S/C13H16ClN3OS/c1-4-17-9(2)15-16-13(17)19-8-10-5-6-11(18-3)7-12(10)14/h5-7H,4,8H2,1-3H3. The first-order valence-corrected chi connectivity index (χ1v) is 7.37. The number of hydrogen-bond donors (Lipinski definition) is 0. The maximum atomic E-state index is 6.22. The van der Waals surface area contributed by atoms with E-state index in [1.165, 1.54) is 0 Å². The van der Waals surface area contributed by atoms with Crippen LogP contribution in [0.15, 0.2) is 23.4 Å². The highest BCUT2D eigenvalue weighted by atomic mass is 35.5. The monoisotopic (exact) mass is 297 g/mol. The Balaban J connectivity index is 2.10. The molecule has 1 aromatic carbocycles. The molecule has 2 rings (SSSR count). The van der Waals surface area contributed by atoms with Gasteiger partial charge in [0.2, 0.25) is 0 Å². The van der Waals surface area contributed by atoms with Crippen LogP contribution in [0.5, 0.6) is 5.75 Å². The maximum Gasteiger partial charge on any atom is 0.191 e. The molecule has 0 atom stereocenters. The summed E-state index contributed by atoms with van der Waals surface area (Å²) in [5.74, 6) is 2.47. The second kappa shape index (κ2) is 6.30. The first kappa shape index (κ1) is 14.2. The molecule has 0 spiro atoms. The first-order chi connectivity index (χ1) is 9.15. The van der Waals surface area contributed by atoms with E-state index in [-0.39, 0.29) is 0 Å². The van der Waals surface area contributed by atoms with Gasteiger partial charge in [0.1, 0.15) is 11.6 Å². The zero-order valence-corrected chi connectivity index (χ0v) is 12.8. The number of ether oxygens (including phenoxy) is 1. The van der Waals surface area contributed by atoms with Gasteiger partial charge in [-0.3, -0.25) is 0 Å². The summed E-state index contributed by atoms with van der Waals surface area (Å²) in [7, 11) is 1.63. The third-order valence-corrected chi connectivity index (χ3v) is 4.20. The van der Waals surface area contributed by atoms with Crippen LogP contribution in [0.2, 0.25) is 5.02 Å². The van der Waals surface area contributed by atoms with E-state index in [9.17, 15) is 0 Å². The second-order valence-electron chi connectivity index (χ2n) is 4.02. The Labute approximate surface area is 122 Å². The van der Waals surface area contributed by atoms with Gasteiger partial charge in [0.15, 0.2) is 5.16 Å². The Bertz CT molecular complexity index is 571. The van der Waals surface area contributed by atoms with Gasteiger partial charge in [-0.05, 0) is 31.5 Å². The largest absolute Gasteiger partial charge is 0.497 e. The molecule has 0 saturated heterocycles. The van der Waals surface area contributed by atoms with Crippen LogP contribution in [0.25, 0.3) is 0 Å². The van der Waals surface area contributed by atoms with Crippen molar-refractivity contribution < 1.29 is 4.74 Å². The van der Waals surface area contributed by atoms with Crippen molar-refractivity contribution >= 4 is 23.4 Å². The summed E-state index contributed by atoms with van der Waals surface area (Å²) in [5, 5.41) is 9.90. The van der Waals surface area contributed by atoms with Crippen molar-refractivity contribution in [3.63, 3.8) is 0 Å². The fourth-order valence-electron chi connectivity index (χ4n) is 1.75. The summed E-state index contributed by atoms with van der Waals surface area (Å²) in [6.07, 6.45) is 0. The summed E-state index contributed by atoms with van der Waals surface area (Å²) in [6.45, 7) is 4.92. The van der Waals surface area contributed by atoms with E-state index in [0.29, 0.717) is 5.02 Å². The number of nitrogens with zero attached hydrogens (tertiary/aromatic N) is 3. The molecule has 0 unspecified atom stereocenters. The maximum absolute atomic E-state index is 6.22. The molecule has 0 N–H and O–H groups in total. The van der Waals surface area contributed by atoms with E-state index in [1.807, 2.05) is 25.1 Å². The lowest BCUT2D eigenvalue weighted by atomic mass is 10.2. The van der Waals surface area contributed by atoms with Gasteiger partial charge in [0.05, 0.1) is 7.11 Å². The van der Waals surface area contributed by atoms with Gasteiger partial charge in [-0.25, -0.2) is 0 Å². The minimum Gasteiger partial charge on any atom is -0.497 e. The minimum absolute atomic E-state index is 0.714. The number of aryl methyl sites for hydroxylation is 1. The Morgan fingerprint density at radius 2 is 2.16 bits per heavy atom. The smallest absolute Gasteiger partial charge is 0.191 e. The van der Waals surface area contributed by atoms with Crippen molar-refractivity contribution in [2.24, 2.45) is 0 Å².